The summed E-state index contributed by atoms with van der Waals surface area (Å²) in [5.74, 6) is -0.156. The fourth-order valence-corrected chi connectivity index (χ4v) is 3.66. The maximum Gasteiger partial charge on any atom is 0.383 e. The van der Waals surface area contributed by atoms with E-state index in [1.165, 1.54) is 11.1 Å². The van der Waals surface area contributed by atoms with Crippen LogP contribution in [0.15, 0.2) is 93.2 Å². The average Bonchev–Trinajstić information content (AvgIpc) is 2.90. The fourth-order valence-electron chi connectivity index (χ4n) is 3.66. The van der Waals surface area contributed by atoms with Crippen molar-refractivity contribution in [3.8, 4) is 17.2 Å². The van der Waals surface area contributed by atoms with E-state index in [1.54, 1.807) is 42.5 Å². The summed E-state index contributed by atoms with van der Waals surface area (Å²) in [7, 11) is 0. The molecule has 1 aromatic heterocycles. The van der Waals surface area contributed by atoms with Crippen LogP contribution >= 0.6 is 0 Å². The summed E-state index contributed by atoms with van der Waals surface area (Å²) in [6.45, 7) is 8.93. The number of esters is 1. The van der Waals surface area contributed by atoms with Crippen molar-refractivity contribution in [2.75, 3.05) is 13.2 Å². The Balaban J connectivity index is 1.85. The Bertz CT molecular complexity index is 1360. The molecule has 38 heavy (non-hydrogen) atoms. The third-order valence-corrected chi connectivity index (χ3v) is 5.70. The van der Waals surface area contributed by atoms with Crippen LogP contribution in [0.3, 0.4) is 0 Å². The van der Waals surface area contributed by atoms with Gasteiger partial charge in [-0.2, -0.15) is 0 Å². The first-order valence-electron chi connectivity index (χ1n) is 13.0. The Morgan fingerprint density at radius 2 is 1.71 bits per heavy atom. The fraction of sp³-hybridized carbons (Fsp3) is 0.312. The molecule has 0 aliphatic carbocycles. The molecule has 0 atom stereocenters. The molecule has 0 saturated heterocycles. The Hall–Kier alpha value is -4.06. The molecule has 0 aliphatic heterocycles. The van der Waals surface area contributed by atoms with E-state index in [0.29, 0.717) is 29.7 Å². The molecule has 0 bridgehead atoms. The van der Waals surface area contributed by atoms with Gasteiger partial charge in [0, 0.05) is 6.07 Å². The minimum atomic E-state index is -0.722. The molecule has 0 N–H and O–H groups in total. The average molecular weight is 517 g/mol. The molecule has 0 radical (unpaired) electrons. The quantitative estimate of drug-likeness (QED) is 0.0998. The summed E-state index contributed by atoms with van der Waals surface area (Å²) in [5.41, 5.74) is 2.42. The van der Waals surface area contributed by atoms with Crippen molar-refractivity contribution >= 4 is 16.9 Å². The van der Waals surface area contributed by atoms with Crippen LogP contribution in [0.1, 0.15) is 63.7 Å². The number of hydrogen-bond acceptors (Lipinski definition) is 6. The van der Waals surface area contributed by atoms with Gasteiger partial charge in [-0.1, -0.05) is 54.5 Å². The zero-order chi connectivity index (χ0) is 27.3. The van der Waals surface area contributed by atoms with E-state index in [1.807, 2.05) is 31.2 Å². The van der Waals surface area contributed by atoms with Crippen molar-refractivity contribution in [1.29, 1.82) is 0 Å². The van der Waals surface area contributed by atoms with E-state index in [4.69, 9.17) is 18.6 Å². The molecule has 0 fully saturated rings. The monoisotopic (exact) mass is 516 g/mol. The molecule has 200 valence electrons. The number of allylic oxidation sites excluding steroid dienone is 4. The molecular formula is C32H36O6. The number of ether oxygens (including phenoxy) is 3. The van der Waals surface area contributed by atoms with Crippen LogP contribution in [0, 0.1) is 0 Å². The maximum absolute atomic E-state index is 12.9. The second kappa shape index (κ2) is 14.6. The van der Waals surface area contributed by atoms with Crippen molar-refractivity contribution in [2.24, 2.45) is 0 Å². The van der Waals surface area contributed by atoms with Gasteiger partial charge in [0.05, 0.1) is 17.6 Å². The zero-order valence-electron chi connectivity index (χ0n) is 22.6. The van der Waals surface area contributed by atoms with Crippen LogP contribution in [0.2, 0.25) is 0 Å². The number of hydrogen-bond donors (Lipinski definition) is 0. The summed E-state index contributed by atoms with van der Waals surface area (Å²) in [4.78, 5) is 25.8. The summed E-state index contributed by atoms with van der Waals surface area (Å²) in [6, 6.07) is 13.7. The van der Waals surface area contributed by atoms with Gasteiger partial charge in [-0.3, -0.25) is 0 Å². The molecule has 2 aromatic carbocycles. The predicted octanol–water partition coefficient (Wildman–Crippen LogP) is 7.82. The van der Waals surface area contributed by atoms with Crippen molar-refractivity contribution in [2.45, 2.75) is 53.4 Å². The third-order valence-electron chi connectivity index (χ3n) is 5.70. The highest BCUT2D eigenvalue weighted by Crippen LogP contribution is 2.35. The minimum Gasteiger partial charge on any atom is -0.489 e. The van der Waals surface area contributed by atoms with Gasteiger partial charge in [-0.15, -0.1) is 0 Å². The van der Waals surface area contributed by atoms with Gasteiger partial charge in [0.15, 0.2) is 5.75 Å². The SMILES string of the molecule is CCC=CCCOc1c(OC(=O)c2ccccc2)c2ccc(OC/C=C(\C)CCC=C(C)C)cc2oc1=O. The maximum atomic E-state index is 12.9. The summed E-state index contributed by atoms with van der Waals surface area (Å²) in [5, 5.41) is 0.439. The van der Waals surface area contributed by atoms with Crippen molar-refractivity contribution in [3.05, 3.63) is 100.0 Å². The smallest absolute Gasteiger partial charge is 0.383 e. The van der Waals surface area contributed by atoms with Gasteiger partial charge in [-0.25, -0.2) is 9.59 Å². The van der Waals surface area contributed by atoms with E-state index < -0.39 is 11.6 Å². The van der Waals surface area contributed by atoms with E-state index in [9.17, 15) is 9.59 Å². The standard InChI is InChI=1S/C32H36O6/c1-5-6-7-11-20-36-30-29(38-31(33)25-15-9-8-10-16-25)27-18-17-26(22-28(27)37-32(30)34)35-21-19-24(4)14-12-13-23(2)3/h6-10,13,15-19,22H,5,11-12,14,20-21H2,1-4H3/b7-6?,24-19+. The van der Waals surface area contributed by atoms with Gasteiger partial charge < -0.3 is 18.6 Å². The van der Waals surface area contributed by atoms with Gasteiger partial charge >= 0.3 is 11.6 Å². The van der Waals surface area contributed by atoms with Crippen LogP contribution in [0.4, 0.5) is 0 Å². The largest absolute Gasteiger partial charge is 0.489 e. The third kappa shape index (κ3) is 8.51. The van der Waals surface area contributed by atoms with Crippen LogP contribution in [-0.2, 0) is 0 Å². The highest BCUT2D eigenvalue weighted by atomic mass is 16.6. The molecule has 1 heterocycles. The number of carbonyl (C=O) groups excluding carboxylic acids is 1. The Kier molecular flexibility index (Phi) is 11.0. The molecule has 3 rings (SSSR count). The molecule has 0 spiro atoms. The van der Waals surface area contributed by atoms with Crippen molar-refractivity contribution < 1.29 is 23.4 Å². The second-order valence-corrected chi connectivity index (χ2v) is 9.16. The molecule has 0 aliphatic rings. The number of rotatable bonds is 13. The number of carbonyl (C=O) groups is 1. The Morgan fingerprint density at radius 3 is 2.45 bits per heavy atom. The summed E-state index contributed by atoms with van der Waals surface area (Å²) in [6.07, 6.45) is 11.7. The van der Waals surface area contributed by atoms with Gasteiger partial charge in [-0.05, 0) is 76.8 Å². The lowest BCUT2D eigenvalue weighted by Gasteiger charge is -2.13. The van der Waals surface area contributed by atoms with Crippen LogP contribution < -0.4 is 19.8 Å². The highest BCUT2D eigenvalue weighted by Gasteiger charge is 2.22. The molecule has 6 nitrogen and oxygen atoms in total. The Labute approximate surface area is 224 Å². The molecule has 6 heteroatoms. The van der Waals surface area contributed by atoms with Crippen molar-refractivity contribution in [3.63, 3.8) is 0 Å². The van der Waals surface area contributed by atoms with Gasteiger partial charge in [0.2, 0.25) is 5.75 Å². The topological polar surface area (TPSA) is 75.0 Å². The normalized spacial score (nSPS) is 11.5. The zero-order valence-corrected chi connectivity index (χ0v) is 22.6. The van der Waals surface area contributed by atoms with E-state index in [2.05, 4.69) is 26.8 Å². The predicted molar refractivity (Wildman–Crippen MR) is 151 cm³/mol. The first-order chi connectivity index (χ1) is 18.4. The van der Waals surface area contributed by atoms with E-state index in [-0.39, 0.29) is 23.7 Å². The van der Waals surface area contributed by atoms with Crippen LogP contribution in [0.25, 0.3) is 11.0 Å². The van der Waals surface area contributed by atoms with Crippen LogP contribution in [-0.4, -0.2) is 19.2 Å². The van der Waals surface area contributed by atoms with E-state index >= 15 is 0 Å². The lowest BCUT2D eigenvalue weighted by atomic mass is 10.1. The second-order valence-electron chi connectivity index (χ2n) is 9.16. The Morgan fingerprint density at radius 1 is 0.921 bits per heavy atom. The summed E-state index contributed by atoms with van der Waals surface area (Å²) >= 11 is 0. The minimum absolute atomic E-state index is 0.0335. The van der Waals surface area contributed by atoms with E-state index in [0.717, 1.165) is 19.3 Å². The molecule has 0 unspecified atom stereocenters. The summed E-state index contributed by atoms with van der Waals surface area (Å²) < 4.78 is 22.9. The first-order valence-corrected chi connectivity index (χ1v) is 13.0. The number of fused-ring (bicyclic) bond motifs is 1. The van der Waals surface area contributed by atoms with Crippen LogP contribution in [0.5, 0.6) is 17.2 Å². The van der Waals surface area contributed by atoms with Gasteiger partial charge in [0.1, 0.15) is 17.9 Å². The lowest BCUT2D eigenvalue weighted by molar-refractivity contribution is 0.0729. The van der Waals surface area contributed by atoms with Crippen molar-refractivity contribution in [1.82, 2.24) is 0 Å². The highest BCUT2D eigenvalue weighted by molar-refractivity contribution is 5.95. The molecular weight excluding hydrogens is 480 g/mol. The van der Waals surface area contributed by atoms with Gasteiger partial charge in [0.25, 0.3) is 0 Å². The lowest BCUT2D eigenvalue weighted by Crippen LogP contribution is -2.15. The molecule has 3 aromatic rings. The first kappa shape index (κ1) is 28.5. The molecule has 0 amide bonds. The molecule has 0 saturated carbocycles. The number of benzene rings is 2.